The normalized spacial score (nSPS) is 24.5. The SMILES string of the molecule is CCCCC(CC)COP(=O)(OCC(CC)CCCC)C1(C)CCC=N1. The molecule has 0 aliphatic carbocycles. The molecular formula is C21H42NO3P. The Balaban J connectivity index is 2.76. The molecule has 154 valence electrons. The van der Waals surface area contributed by atoms with E-state index in [4.69, 9.17) is 9.05 Å². The van der Waals surface area contributed by atoms with E-state index in [1.807, 2.05) is 13.1 Å². The lowest BCUT2D eigenvalue weighted by molar-refractivity contribution is 0.137. The minimum Gasteiger partial charge on any atom is -0.307 e. The van der Waals surface area contributed by atoms with Crippen molar-refractivity contribution in [3.8, 4) is 0 Å². The molecule has 0 aromatic rings. The largest absolute Gasteiger partial charge is 0.357 e. The second kappa shape index (κ2) is 12.3. The summed E-state index contributed by atoms with van der Waals surface area (Å²) in [5.41, 5.74) is 0. The molecule has 3 atom stereocenters. The van der Waals surface area contributed by atoms with Crippen LogP contribution in [0.1, 0.15) is 98.8 Å². The molecule has 1 heterocycles. The summed E-state index contributed by atoms with van der Waals surface area (Å²) < 4.78 is 25.9. The highest BCUT2D eigenvalue weighted by Crippen LogP contribution is 2.64. The van der Waals surface area contributed by atoms with Crippen molar-refractivity contribution in [1.82, 2.24) is 0 Å². The Morgan fingerprint density at radius 3 is 1.85 bits per heavy atom. The zero-order chi connectivity index (χ0) is 19.5. The highest BCUT2D eigenvalue weighted by atomic mass is 31.2. The summed E-state index contributed by atoms with van der Waals surface area (Å²) in [6.07, 6.45) is 12.6. The summed E-state index contributed by atoms with van der Waals surface area (Å²) >= 11 is 0. The van der Waals surface area contributed by atoms with E-state index in [2.05, 4.69) is 32.7 Å². The lowest BCUT2D eigenvalue weighted by Crippen LogP contribution is -2.25. The fourth-order valence-corrected chi connectivity index (χ4v) is 5.46. The smallest absolute Gasteiger partial charge is 0.307 e. The Morgan fingerprint density at radius 1 is 1.00 bits per heavy atom. The maximum absolute atomic E-state index is 13.8. The number of unbranched alkanes of at least 4 members (excludes halogenated alkanes) is 2. The third kappa shape index (κ3) is 7.09. The summed E-state index contributed by atoms with van der Waals surface area (Å²) in [6.45, 7) is 11.8. The van der Waals surface area contributed by atoms with Crippen molar-refractivity contribution < 1.29 is 13.6 Å². The molecule has 0 N–H and O–H groups in total. The van der Waals surface area contributed by atoms with Gasteiger partial charge in [-0.2, -0.15) is 0 Å². The molecule has 0 bridgehead atoms. The van der Waals surface area contributed by atoms with E-state index in [1.54, 1.807) is 0 Å². The third-order valence-electron chi connectivity index (χ3n) is 5.75. The number of aliphatic imine (C=N–C) groups is 1. The predicted molar refractivity (Wildman–Crippen MR) is 112 cm³/mol. The number of hydrogen-bond donors (Lipinski definition) is 0. The van der Waals surface area contributed by atoms with Gasteiger partial charge in [-0.3, -0.25) is 9.56 Å². The first-order chi connectivity index (χ1) is 12.4. The van der Waals surface area contributed by atoms with Crippen LogP contribution < -0.4 is 0 Å². The van der Waals surface area contributed by atoms with Crippen LogP contribution in [0.4, 0.5) is 0 Å². The number of nitrogens with zero attached hydrogens (tertiary/aromatic N) is 1. The van der Waals surface area contributed by atoms with Crippen LogP contribution in [-0.4, -0.2) is 24.7 Å². The van der Waals surface area contributed by atoms with Gasteiger partial charge >= 0.3 is 7.60 Å². The summed E-state index contributed by atoms with van der Waals surface area (Å²) in [6, 6.07) is 0. The molecule has 4 nitrogen and oxygen atoms in total. The molecule has 1 rings (SSSR count). The fourth-order valence-electron chi connectivity index (χ4n) is 3.39. The lowest BCUT2D eigenvalue weighted by Gasteiger charge is -2.32. The van der Waals surface area contributed by atoms with Gasteiger partial charge in [0.05, 0.1) is 13.2 Å². The van der Waals surface area contributed by atoms with E-state index in [-0.39, 0.29) is 0 Å². The van der Waals surface area contributed by atoms with Gasteiger partial charge < -0.3 is 9.05 Å². The highest BCUT2D eigenvalue weighted by molar-refractivity contribution is 7.55. The molecule has 0 saturated heterocycles. The van der Waals surface area contributed by atoms with Gasteiger partial charge in [-0.25, -0.2) is 0 Å². The lowest BCUT2D eigenvalue weighted by atomic mass is 10.0. The van der Waals surface area contributed by atoms with Gasteiger partial charge in [0.2, 0.25) is 0 Å². The van der Waals surface area contributed by atoms with Crippen LogP contribution in [0.3, 0.4) is 0 Å². The van der Waals surface area contributed by atoms with E-state index in [0.29, 0.717) is 25.0 Å². The van der Waals surface area contributed by atoms with Crippen molar-refractivity contribution in [3.05, 3.63) is 0 Å². The second-order valence-electron chi connectivity index (χ2n) is 7.99. The van der Waals surface area contributed by atoms with E-state index >= 15 is 0 Å². The molecule has 0 amide bonds. The van der Waals surface area contributed by atoms with Crippen molar-refractivity contribution in [2.45, 2.75) is 104 Å². The standard InChI is InChI=1S/C21H42NO3P/c1-6-10-13-19(8-3)17-24-26(23,21(5)15-12-16-22-21)25-18-20(9-4)14-11-7-2/h16,19-20H,6-15,17-18H2,1-5H3. The second-order valence-corrected chi connectivity index (χ2v) is 10.5. The van der Waals surface area contributed by atoms with Gasteiger partial charge in [0, 0.05) is 6.21 Å². The molecule has 0 aromatic heterocycles. The van der Waals surface area contributed by atoms with Crippen molar-refractivity contribution in [3.63, 3.8) is 0 Å². The molecule has 0 fully saturated rings. The topological polar surface area (TPSA) is 47.9 Å². The molecule has 0 radical (unpaired) electrons. The Labute approximate surface area is 162 Å². The first-order valence-electron chi connectivity index (χ1n) is 10.9. The van der Waals surface area contributed by atoms with Crippen LogP contribution in [0.15, 0.2) is 4.99 Å². The summed E-state index contributed by atoms with van der Waals surface area (Å²) in [7, 11) is -3.28. The first kappa shape index (κ1) is 23.9. The molecule has 1 aliphatic rings. The van der Waals surface area contributed by atoms with Crippen molar-refractivity contribution in [1.29, 1.82) is 0 Å². The van der Waals surface area contributed by atoms with Crippen molar-refractivity contribution in [2.75, 3.05) is 13.2 Å². The predicted octanol–water partition coefficient (Wildman–Crippen LogP) is 7.23. The van der Waals surface area contributed by atoms with Gasteiger partial charge in [0.25, 0.3) is 0 Å². The zero-order valence-corrected chi connectivity index (χ0v) is 18.7. The van der Waals surface area contributed by atoms with Crippen molar-refractivity contribution in [2.24, 2.45) is 16.8 Å². The Kier molecular flexibility index (Phi) is 11.3. The van der Waals surface area contributed by atoms with Gasteiger partial charge in [-0.05, 0) is 44.4 Å². The minimum absolute atomic E-state index is 0.447. The highest BCUT2D eigenvalue weighted by Gasteiger charge is 2.49. The van der Waals surface area contributed by atoms with E-state index < -0.39 is 12.9 Å². The van der Waals surface area contributed by atoms with E-state index in [0.717, 1.165) is 38.5 Å². The Hall–Kier alpha value is -0.180. The van der Waals surface area contributed by atoms with E-state index in [1.165, 1.54) is 25.7 Å². The van der Waals surface area contributed by atoms with Gasteiger partial charge in [0.15, 0.2) is 5.28 Å². The summed E-state index contributed by atoms with van der Waals surface area (Å²) in [5, 5.41) is -0.709. The van der Waals surface area contributed by atoms with Crippen LogP contribution in [0, 0.1) is 11.8 Å². The quantitative estimate of drug-likeness (QED) is 0.279. The average Bonchev–Trinajstić information content (AvgIpc) is 3.10. The van der Waals surface area contributed by atoms with Crippen LogP contribution in [0.5, 0.6) is 0 Å². The fraction of sp³-hybridized carbons (Fsp3) is 0.952. The van der Waals surface area contributed by atoms with Gasteiger partial charge in [-0.1, -0.05) is 66.2 Å². The monoisotopic (exact) mass is 387 g/mol. The molecular weight excluding hydrogens is 345 g/mol. The van der Waals surface area contributed by atoms with Crippen LogP contribution in [0.25, 0.3) is 0 Å². The van der Waals surface area contributed by atoms with Crippen LogP contribution in [0.2, 0.25) is 0 Å². The van der Waals surface area contributed by atoms with Crippen LogP contribution >= 0.6 is 7.60 Å². The summed E-state index contributed by atoms with van der Waals surface area (Å²) in [5.74, 6) is 0.894. The third-order valence-corrected chi connectivity index (χ3v) is 8.25. The maximum Gasteiger partial charge on any atom is 0.357 e. The van der Waals surface area contributed by atoms with Crippen molar-refractivity contribution >= 4 is 13.8 Å². The van der Waals surface area contributed by atoms with Gasteiger partial charge in [0.1, 0.15) is 0 Å². The molecule has 5 heteroatoms. The molecule has 1 aliphatic heterocycles. The molecule has 0 aromatic carbocycles. The zero-order valence-electron chi connectivity index (χ0n) is 17.8. The molecule has 3 unspecified atom stereocenters. The first-order valence-corrected chi connectivity index (χ1v) is 12.4. The minimum atomic E-state index is -3.28. The maximum atomic E-state index is 13.8. The van der Waals surface area contributed by atoms with Gasteiger partial charge in [-0.15, -0.1) is 0 Å². The Morgan fingerprint density at radius 2 is 1.50 bits per heavy atom. The average molecular weight is 388 g/mol. The number of hydrogen-bond acceptors (Lipinski definition) is 4. The number of rotatable bonds is 15. The molecule has 0 spiro atoms. The van der Waals surface area contributed by atoms with E-state index in [9.17, 15) is 4.57 Å². The molecule has 26 heavy (non-hydrogen) atoms. The summed E-state index contributed by atoms with van der Waals surface area (Å²) in [4.78, 5) is 4.53. The van der Waals surface area contributed by atoms with Crippen LogP contribution in [-0.2, 0) is 13.6 Å². The molecule has 0 saturated carbocycles. The Bertz CT molecular complexity index is 431.